The molecule has 2 aliphatic carbocycles. The Labute approximate surface area is 222 Å². The Hall–Kier alpha value is -2.94. The van der Waals surface area contributed by atoms with Gasteiger partial charge in [-0.2, -0.15) is 0 Å². The number of benzene rings is 3. The molecule has 3 aromatic carbocycles. The van der Waals surface area contributed by atoms with Crippen molar-refractivity contribution in [1.29, 1.82) is 0 Å². The van der Waals surface area contributed by atoms with E-state index in [9.17, 15) is 15.3 Å². The van der Waals surface area contributed by atoms with Crippen LogP contribution in [0.25, 0.3) is 0 Å². The maximum atomic E-state index is 11.3. The van der Waals surface area contributed by atoms with Gasteiger partial charge in [-0.25, -0.2) is 0 Å². The average molecular weight is 499 g/mol. The zero-order valence-electron chi connectivity index (χ0n) is 22.5. The van der Waals surface area contributed by atoms with Gasteiger partial charge in [0.2, 0.25) is 0 Å². The minimum absolute atomic E-state index is 0.255. The number of para-hydroxylation sites is 1. The second-order valence-corrected chi connectivity index (χ2v) is 11.6. The molecule has 2 fully saturated rings. The maximum Gasteiger partial charge on any atom is 0.119 e. The largest absolute Gasteiger partial charge is 0.508 e. The molecule has 0 heterocycles. The molecule has 0 amide bonds. The highest BCUT2D eigenvalue weighted by atomic mass is 16.3. The van der Waals surface area contributed by atoms with Gasteiger partial charge in [-0.05, 0) is 104 Å². The van der Waals surface area contributed by atoms with E-state index in [2.05, 4.69) is 26.0 Å². The molecule has 0 atom stereocenters. The van der Waals surface area contributed by atoms with Crippen LogP contribution < -0.4 is 0 Å². The van der Waals surface area contributed by atoms with Gasteiger partial charge in [-0.15, -0.1) is 0 Å². The number of phenolic OH excluding ortho intramolecular Hbond substituents is 3. The third-order valence-electron chi connectivity index (χ3n) is 9.09. The number of phenols is 3. The highest BCUT2D eigenvalue weighted by Gasteiger charge is 2.28. The van der Waals surface area contributed by atoms with E-state index in [4.69, 9.17) is 0 Å². The van der Waals surface area contributed by atoms with Gasteiger partial charge in [-0.3, -0.25) is 0 Å². The fourth-order valence-electron chi connectivity index (χ4n) is 7.01. The zero-order valence-corrected chi connectivity index (χ0v) is 22.5. The average Bonchev–Trinajstić information content (AvgIpc) is 2.90. The van der Waals surface area contributed by atoms with Crippen molar-refractivity contribution in [1.82, 2.24) is 0 Å². The number of hydrogen-bond acceptors (Lipinski definition) is 3. The molecule has 196 valence electrons. The third kappa shape index (κ3) is 5.51. The minimum atomic E-state index is -0.265. The molecule has 0 unspecified atom stereocenters. The summed E-state index contributed by atoms with van der Waals surface area (Å²) in [6, 6.07) is 15.7. The molecule has 0 aromatic heterocycles. The van der Waals surface area contributed by atoms with Crippen molar-refractivity contribution in [2.45, 2.75) is 102 Å². The van der Waals surface area contributed by atoms with Crippen LogP contribution in [-0.4, -0.2) is 15.3 Å². The minimum Gasteiger partial charge on any atom is -0.508 e. The second kappa shape index (κ2) is 11.2. The maximum absolute atomic E-state index is 11.3. The summed E-state index contributed by atoms with van der Waals surface area (Å²) in [5, 5.41) is 33.3. The van der Waals surface area contributed by atoms with Crippen LogP contribution in [0.4, 0.5) is 0 Å². The first-order chi connectivity index (χ1) is 17.9. The Morgan fingerprint density at radius 1 is 0.622 bits per heavy atom. The van der Waals surface area contributed by atoms with Gasteiger partial charge >= 0.3 is 0 Å². The molecule has 37 heavy (non-hydrogen) atoms. The molecule has 0 spiro atoms. The van der Waals surface area contributed by atoms with Crippen LogP contribution in [0.15, 0.2) is 48.5 Å². The summed E-state index contributed by atoms with van der Waals surface area (Å²) >= 11 is 0. The van der Waals surface area contributed by atoms with E-state index in [1.165, 1.54) is 75.3 Å². The molecule has 0 aliphatic heterocycles. The number of rotatable bonds is 6. The third-order valence-corrected chi connectivity index (χ3v) is 9.09. The van der Waals surface area contributed by atoms with E-state index in [-0.39, 0.29) is 23.2 Å². The van der Waals surface area contributed by atoms with E-state index in [1.807, 2.05) is 30.3 Å². The standard InChI is InChI=1S/C34H42O3/c1-22-17-33(36)30(20-27(22)24-11-5-3-6-12-24)29(19-26-15-9-10-16-32(26)35)31-21-28(23(2)18-34(31)37)25-13-7-4-8-14-25/h9-10,15-18,20-21,24-25,29,35-37H,3-8,11-14,19H2,1-2H3. The zero-order chi connectivity index (χ0) is 25.9. The van der Waals surface area contributed by atoms with Crippen LogP contribution in [0, 0.1) is 13.8 Å². The highest BCUT2D eigenvalue weighted by molar-refractivity contribution is 5.54. The molecule has 3 heteroatoms. The van der Waals surface area contributed by atoms with Crippen molar-refractivity contribution in [2.75, 3.05) is 0 Å². The lowest BCUT2D eigenvalue weighted by molar-refractivity contribution is 0.433. The van der Waals surface area contributed by atoms with Gasteiger partial charge in [0.25, 0.3) is 0 Å². The van der Waals surface area contributed by atoms with Crippen LogP contribution in [0.1, 0.15) is 121 Å². The first-order valence-corrected chi connectivity index (χ1v) is 14.4. The summed E-state index contributed by atoms with van der Waals surface area (Å²) in [6.45, 7) is 4.21. The molecule has 0 bridgehead atoms. The summed E-state index contributed by atoms with van der Waals surface area (Å²) in [5.74, 6) is 1.57. The van der Waals surface area contributed by atoms with Crippen molar-refractivity contribution in [3.8, 4) is 17.2 Å². The molecule has 0 radical (unpaired) electrons. The van der Waals surface area contributed by atoms with E-state index < -0.39 is 0 Å². The number of hydrogen-bond donors (Lipinski definition) is 3. The van der Waals surface area contributed by atoms with Gasteiger partial charge < -0.3 is 15.3 Å². The Morgan fingerprint density at radius 2 is 1.08 bits per heavy atom. The first-order valence-electron chi connectivity index (χ1n) is 14.4. The van der Waals surface area contributed by atoms with E-state index in [0.29, 0.717) is 18.3 Å². The van der Waals surface area contributed by atoms with Gasteiger partial charge in [0.05, 0.1) is 0 Å². The lowest BCUT2D eigenvalue weighted by Gasteiger charge is -2.29. The Balaban J connectivity index is 1.64. The normalized spacial score (nSPS) is 17.4. The molecule has 3 nitrogen and oxygen atoms in total. The molecule has 0 saturated heterocycles. The van der Waals surface area contributed by atoms with Crippen molar-refractivity contribution < 1.29 is 15.3 Å². The molecule has 2 saturated carbocycles. The number of aromatic hydroxyl groups is 3. The first kappa shape index (κ1) is 25.7. The summed E-state index contributed by atoms with van der Waals surface area (Å²) in [5.41, 5.74) is 7.47. The van der Waals surface area contributed by atoms with E-state index >= 15 is 0 Å². The smallest absolute Gasteiger partial charge is 0.119 e. The van der Waals surface area contributed by atoms with Gasteiger partial charge in [0.1, 0.15) is 17.2 Å². The molecule has 2 aliphatic rings. The predicted octanol–water partition coefficient (Wildman–Crippen LogP) is 8.89. The Morgan fingerprint density at radius 3 is 1.54 bits per heavy atom. The van der Waals surface area contributed by atoms with Crippen LogP contribution >= 0.6 is 0 Å². The summed E-state index contributed by atoms with van der Waals surface area (Å²) in [6.07, 6.45) is 12.9. The van der Waals surface area contributed by atoms with Gasteiger partial charge in [0.15, 0.2) is 0 Å². The van der Waals surface area contributed by atoms with Crippen LogP contribution in [-0.2, 0) is 6.42 Å². The summed E-state index contributed by atoms with van der Waals surface area (Å²) in [7, 11) is 0. The van der Waals surface area contributed by atoms with E-state index in [1.54, 1.807) is 6.07 Å². The SMILES string of the molecule is Cc1cc(O)c(C(Cc2ccccc2O)c2cc(C3CCCCC3)c(C)cc2O)cc1C1CCCCC1. The van der Waals surface area contributed by atoms with Crippen molar-refractivity contribution in [3.05, 3.63) is 87.5 Å². The van der Waals surface area contributed by atoms with Crippen LogP contribution in [0.2, 0.25) is 0 Å². The van der Waals surface area contributed by atoms with Gasteiger partial charge in [-0.1, -0.05) is 68.9 Å². The van der Waals surface area contributed by atoms with E-state index in [0.717, 1.165) is 27.8 Å². The fourth-order valence-corrected chi connectivity index (χ4v) is 7.01. The predicted molar refractivity (Wildman–Crippen MR) is 151 cm³/mol. The van der Waals surface area contributed by atoms with Crippen LogP contribution in [0.3, 0.4) is 0 Å². The molecule has 3 aromatic rings. The van der Waals surface area contributed by atoms with Crippen molar-refractivity contribution in [3.63, 3.8) is 0 Å². The Kier molecular flexibility index (Phi) is 7.79. The summed E-state index contributed by atoms with van der Waals surface area (Å²) in [4.78, 5) is 0. The van der Waals surface area contributed by atoms with Gasteiger partial charge in [0, 0.05) is 17.0 Å². The van der Waals surface area contributed by atoms with Crippen molar-refractivity contribution >= 4 is 0 Å². The Bertz CT molecular complexity index is 1160. The lowest BCUT2D eigenvalue weighted by Crippen LogP contribution is -2.12. The molecule has 3 N–H and O–H groups in total. The molecule has 5 rings (SSSR count). The van der Waals surface area contributed by atoms with Crippen LogP contribution in [0.5, 0.6) is 17.2 Å². The molecular formula is C34H42O3. The lowest BCUT2D eigenvalue weighted by atomic mass is 9.76. The fraction of sp³-hybridized carbons (Fsp3) is 0.471. The highest BCUT2D eigenvalue weighted by Crippen LogP contribution is 2.45. The monoisotopic (exact) mass is 498 g/mol. The number of aryl methyl sites for hydroxylation is 2. The van der Waals surface area contributed by atoms with Crippen molar-refractivity contribution in [2.24, 2.45) is 0 Å². The quantitative estimate of drug-likeness (QED) is 0.318. The molecular weight excluding hydrogens is 456 g/mol. The summed E-state index contributed by atoms with van der Waals surface area (Å²) < 4.78 is 0. The second-order valence-electron chi connectivity index (χ2n) is 11.6. The topological polar surface area (TPSA) is 60.7 Å².